The molecule has 0 aliphatic rings. The zero-order chi connectivity index (χ0) is 20.0. The molecule has 0 spiro atoms. The second-order valence-electron chi connectivity index (χ2n) is 5.93. The van der Waals surface area contributed by atoms with Gasteiger partial charge in [-0.3, -0.25) is 9.59 Å². The van der Waals surface area contributed by atoms with Crippen molar-refractivity contribution in [2.75, 3.05) is 25.0 Å². The summed E-state index contributed by atoms with van der Waals surface area (Å²) in [4.78, 5) is 26.2. The summed E-state index contributed by atoms with van der Waals surface area (Å²) in [6.45, 7) is 7.02. The molecule has 0 saturated heterocycles. The molecule has 1 N–H and O–H groups in total. The molecule has 0 fully saturated rings. The van der Waals surface area contributed by atoms with Crippen molar-refractivity contribution in [2.24, 2.45) is 0 Å². The first-order chi connectivity index (χ1) is 12.8. The summed E-state index contributed by atoms with van der Waals surface area (Å²) < 4.78 is 7.35. The van der Waals surface area contributed by atoms with Crippen molar-refractivity contribution in [3.63, 3.8) is 0 Å². The van der Waals surface area contributed by atoms with Crippen LogP contribution in [-0.4, -0.2) is 36.4 Å². The lowest BCUT2D eigenvalue weighted by Gasteiger charge is -2.18. The maximum atomic E-state index is 12.3. The average Bonchev–Trinajstić information content (AvgIpc) is 2.62. The first kappa shape index (κ1) is 21.4. The molecular formula is C20H22Br2N2O3. The summed E-state index contributed by atoms with van der Waals surface area (Å²) in [6, 6.07) is 10.7. The van der Waals surface area contributed by atoms with Gasteiger partial charge in [0.15, 0.2) is 6.61 Å². The summed E-state index contributed by atoms with van der Waals surface area (Å²) >= 11 is 6.85. The van der Waals surface area contributed by atoms with Gasteiger partial charge >= 0.3 is 0 Å². The molecule has 0 aliphatic carbocycles. The van der Waals surface area contributed by atoms with Crippen LogP contribution in [0.15, 0.2) is 45.3 Å². The average molecular weight is 498 g/mol. The number of anilines is 1. The fourth-order valence-electron chi connectivity index (χ4n) is 2.60. The van der Waals surface area contributed by atoms with E-state index in [0.29, 0.717) is 30.1 Å². The molecule has 2 aromatic carbocycles. The van der Waals surface area contributed by atoms with E-state index in [1.54, 1.807) is 29.2 Å². The maximum Gasteiger partial charge on any atom is 0.262 e. The van der Waals surface area contributed by atoms with Crippen molar-refractivity contribution in [1.29, 1.82) is 0 Å². The van der Waals surface area contributed by atoms with Crippen molar-refractivity contribution in [3.05, 3.63) is 56.5 Å². The smallest absolute Gasteiger partial charge is 0.262 e. The van der Waals surface area contributed by atoms with E-state index in [2.05, 4.69) is 37.2 Å². The Hall–Kier alpha value is -1.86. The highest BCUT2D eigenvalue weighted by Gasteiger charge is 2.13. The fraction of sp³-hybridized carbons (Fsp3) is 0.300. The van der Waals surface area contributed by atoms with Crippen LogP contribution in [0.2, 0.25) is 0 Å². The third-order valence-electron chi connectivity index (χ3n) is 4.01. The van der Waals surface area contributed by atoms with E-state index in [1.165, 1.54) is 0 Å². The summed E-state index contributed by atoms with van der Waals surface area (Å²) in [5, 5.41) is 2.77. The molecule has 2 amide bonds. The quantitative estimate of drug-likeness (QED) is 0.584. The molecule has 144 valence electrons. The first-order valence-corrected chi connectivity index (χ1v) is 10.2. The number of ether oxygens (including phenoxy) is 1. The number of carbonyl (C=O) groups is 2. The van der Waals surface area contributed by atoms with Crippen molar-refractivity contribution in [3.8, 4) is 5.75 Å². The predicted octanol–water partition coefficient (Wildman–Crippen LogP) is 5.02. The lowest BCUT2D eigenvalue weighted by Crippen LogP contribution is -2.30. The number of halogens is 2. The zero-order valence-electron chi connectivity index (χ0n) is 15.5. The molecule has 7 heteroatoms. The second kappa shape index (κ2) is 9.90. The van der Waals surface area contributed by atoms with E-state index in [9.17, 15) is 9.59 Å². The largest absolute Gasteiger partial charge is 0.482 e. The number of amides is 2. The van der Waals surface area contributed by atoms with Crippen LogP contribution in [0.5, 0.6) is 5.75 Å². The minimum Gasteiger partial charge on any atom is -0.482 e. The van der Waals surface area contributed by atoms with Gasteiger partial charge in [-0.1, -0.05) is 15.9 Å². The predicted molar refractivity (Wildman–Crippen MR) is 114 cm³/mol. The highest BCUT2D eigenvalue weighted by Crippen LogP contribution is 2.32. The van der Waals surface area contributed by atoms with Crippen LogP contribution < -0.4 is 10.1 Å². The molecule has 0 bridgehead atoms. The van der Waals surface area contributed by atoms with Gasteiger partial charge < -0.3 is 15.0 Å². The molecule has 2 rings (SSSR count). The van der Waals surface area contributed by atoms with Crippen molar-refractivity contribution >= 4 is 49.4 Å². The van der Waals surface area contributed by atoms with E-state index >= 15 is 0 Å². The third kappa shape index (κ3) is 5.81. The van der Waals surface area contributed by atoms with Crippen LogP contribution >= 0.6 is 31.9 Å². The molecule has 0 atom stereocenters. The lowest BCUT2D eigenvalue weighted by atomic mass is 10.2. The van der Waals surface area contributed by atoms with Gasteiger partial charge in [0.2, 0.25) is 0 Å². The van der Waals surface area contributed by atoms with Crippen LogP contribution in [0.3, 0.4) is 0 Å². The number of hydrogen-bond donors (Lipinski definition) is 1. The van der Waals surface area contributed by atoms with Crippen molar-refractivity contribution in [1.82, 2.24) is 4.90 Å². The van der Waals surface area contributed by atoms with Crippen LogP contribution in [0.4, 0.5) is 5.69 Å². The van der Waals surface area contributed by atoms with Crippen LogP contribution in [-0.2, 0) is 4.79 Å². The van der Waals surface area contributed by atoms with Gasteiger partial charge in [-0.15, -0.1) is 0 Å². The maximum absolute atomic E-state index is 12.3. The molecule has 0 saturated carbocycles. The van der Waals surface area contributed by atoms with Gasteiger partial charge in [-0.25, -0.2) is 0 Å². The van der Waals surface area contributed by atoms with Gasteiger partial charge in [0.1, 0.15) is 5.75 Å². The lowest BCUT2D eigenvalue weighted by molar-refractivity contribution is -0.118. The van der Waals surface area contributed by atoms with Crippen LogP contribution in [0.1, 0.15) is 29.8 Å². The van der Waals surface area contributed by atoms with E-state index in [0.717, 1.165) is 14.5 Å². The SMILES string of the molecule is CCN(CC)C(=O)c1ccc(NC(=O)COc2c(C)cc(Br)cc2Br)cc1. The second-order valence-corrected chi connectivity index (χ2v) is 7.70. The number of nitrogens with zero attached hydrogens (tertiary/aromatic N) is 1. The van der Waals surface area contributed by atoms with Gasteiger partial charge in [0.25, 0.3) is 11.8 Å². The Morgan fingerprint density at radius 1 is 1.07 bits per heavy atom. The third-order valence-corrected chi connectivity index (χ3v) is 5.05. The number of benzene rings is 2. The van der Waals surface area contributed by atoms with Gasteiger partial charge in [0.05, 0.1) is 4.47 Å². The molecule has 0 heterocycles. The number of rotatable bonds is 7. The molecular weight excluding hydrogens is 476 g/mol. The van der Waals surface area contributed by atoms with Gasteiger partial charge in [0, 0.05) is 28.8 Å². The number of nitrogens with one attached hydrogen (secondary N) is 1. The Morgan fingerprint density at radius 2 is 1.70 bits per heavy atom. The summed E-state index contributed by atoms with van der Waals surface area (Å²) in [6.07, 6.45) is 0. The summed E-state index contributed by atoms with van der Waals surface area (Å²) in [7, 11) is 0. The minimum atomic E-state index is -0.271. The molecule has 27 heavy (non-hydrogen) atoms. The molecule has 5 nitrogen and oxygen atoms in total. The molecule has 2 aromatic rings. The molecule has 0 aromatic heterocycles. The Balaban J connectivity index is 1.96. The van der Waals surface area contributed by atoms with Gasteiger partial charge in [-0.2, -0.15) is 0 Å². The Bertz CT molecular complexity index is 795. The number of aryl methyl sites for hydroxylation is 1. The standard InChI is InChI=1S/C20H22Br2N2O3/c1-4-24(5-2)20(26)14-6-8-16(9-7-14)23-18(25)12-27-19-13(3)10-15(21)11-17(19)22/h6-11H,4-5,12H2,1-3H3,(H,23,25). The highest BCUT2D eigenvalue weighted by atomic mass is 79.9. The Morgan fingerprint density at radius 3 is 2.26 bits per heavy atom. The van der Waals surface area contributed by atoms with Crippen LogP contribution in [0, 0.1) is 6.92 Å². The normalized spacial score (nSPS) is 10.4. The Kier molecular flexibility index (Phi) is 7.86. The summed E-state index contributed by atoms with van der Waals surface area (Å²) in [5.41, 5.74) is 2.14. The monoisotopic (exact) mass is 496 g/mol. The minimum absolute atomic E-state index is 0.0169. The van der Waals surface area contributed by atoms with Crippen molar-refractivity contribution < 1.29 is 14.3 Å². The number of hydrogen-bond acceptors (Lipinski definition) is 3. The Labute approximate surface area is 176 Å². The fourth-order valence-corrected chi connectivity index (χ4v) is 4.15. The molecule has 0 radical (unpaired) electrons. The molecule has 0 unspecified atom stereocenters. The zero-order valence-corrected chi connectivity index (χ0v) is 18.7. The number of carbonyl (C=O) groups excluding carboxylic acids is 2. The van der Waals surface area contributed by atoms with E-state index in [4.69, 9.17) is 4.74 Å². The van der Waals surface area contributed by atoms with E-state index in [-0.39, 0.29) is 18.4 Å². The van der Waals surface area contributed by atoms with Crippen LogP contribution in [0.25, 0.3) is 0 Å². The topological polar surface area (TPSA) is 58.6 Å². The highest BCUT2D eigenvalue weighted by molar-refractivity contribution is 9.11. The van der Waals surface area contributed by atoms with E-state index < -0.39 is 0 Å². The van der Waals surface area contributed by atoms with Gasteiger partial charge in [-0.05, 0) is 78.7 Å². The van der Waals surface area contributed by atoms with Crippen molar-refractivity contribution in [2.45, 2.75) is 20.8 Å². The van der Waals surface area contributed by atoms with E-state index in [1.807, 2.05) is 32.9 Å². The molecule has 0 aliphatic heterocycles. The first-order valence-electron chi connectivity index (χ1n) is 8.63. The summed E-state index contributed by atoms with van der Waals surface area (Å²) in [5.74, 6) is 0.345.